The minimum Gasteiger partial charge on any atom is -0.284 e. The molecule has 0 saturated carbocycles. The van der Waals surface area contributed by atoms with Gasteiger partial charge < -0.3 is 0 Å². The van der Waals surface area contributed by atoms with Crippen LogP contribution in [0.25, 0.3) is 10.8 Å². The van der Waals surface area contributed by atoms with E-state index in [1.807, 2.05) is 49.4 Å². The van der Waals surface area contributed by atoms with Crippen LogP contribution in [0.3, 0.4) is 0 Å². The summed E-state index contributed by atoms with van der Waals surface area (Å²) in [5, 5.41) is 11.4. The molecule has 0 spiro atoms. The van der Waals surface area contributed by atoms with Crippen molar-refractivity contribution in [2.75, 3.05) is 0 Å². The summed E-state index contributed by atoms with van der Waals surface area (Å²) in [6, 6.07) is 22.2. The summed E-state index contributed by atoms with van der Waals surface area (Å²) < 4.78 is 1.02. The van der Waals surface area contributed by atoms with Crippen LogP contribution in [-0.4, -0.2) is 27.4 Å². The first-order chi connectivity index (χ1) is 13.6. The lowest BCUT2D eigenvalue weighted by molar-refractivity contribution is -0.126. The molecule has 1 aliphatic rings. The molecule has 0 aliphatic carbocycles. The van der Waals surface area contributed by atoms with Crippen molar-refractivity contribution in [1.29, 1.82) is 0 Å². The highest BCUT2D eigenvalue weighted by molar-refractivity contribution is 9.10. The van der Waals surface area contributed by atoms with Gasteiger partial charge in [-0.2, -0.15) is 5.10 Å². The van der Waals surface area contributed by atoms with Gasteiger partial charge in [-0.25, -0.2) is 0 Å². The molecule has 1 amide bonds. The number of carbonyl (C=O) groups is 1. The van der Waals surface area contributed by atoms with Crippen molar-refractivity contribution in [3.8, 4) is 0 Å². The molecule has 0 N–H and O–H groups in total. The highest BCUT2D eigenvalue weighted by Gasteiger charge is 2.35. The monoisotopic (exact) mass is 451 g/mol. The number of hydrogen-bond donors (Lipinski definition) is 0. The molecule has 1 aliphatic heterocycles. The van der Waals surface area contributed by atoms with Crippen molar-refractivity contribution in [1.82, 2.24) is 4.90 Å². The Hall–Kier alpha value is -2.44. The number of thioether (sulfide) groups is 1. The molecule has 28 heavy (non-hydrogen) atoms. The molecule has 0 aromatic heterocycles. The number of amidine groups is 1. The van der Waals surface area contributed by atoms with E-state index in [9.17, 15) is 4.79 Å². The summed E-state index contributed by atoms with van der Waals surface area (Å²) in [5.41, 5.74) is 2.06. The van der Waals surface area contributed by atoms with Gasteiger partial charge in [0.05, 0.1) is 18.0 Å². The van der Waals surface area contributed by atoms with E-state index in [4.69, 9.17) is 0 Å². The summed E-state index contributed by atoms with van der Waals surface area (Å²) in [5.74, 6) is 0.0653. The van der Waals surface area contributed by atoms with Crippen LogP contribution in [0.4, 0.5) is 0 Å². The molecule has 4 nitrogen and oxygen atoms in total. The second kappa shape index (κ2) is 8.29. The molecule has 0 radical (unpaired) electrons. The summed E-state index contributed by atoms with van der Waals surface area (Å²) >= 11 is 4.87. The van der Waals surface area contributed by atoms with E-state index in [1.165, 1.54) is 17.1 Å². The van der Waals surface area contributed by atoms with Crippen molar-refractivity contribution in [3.05, 3.63) is 82.3 Å². The Morgan fingerprint density at radius 2 is 1.82 bits per heavy atom. The Bertz CT molecular complexity index is 1070. The third-order valence-corrected chi connectivity index (χ3v) is 6.15. The number of rotatable bonds is 4. The van der Waals surface area contributed by atoms with Crippen LogP contribution in [-0.2, 0) is 11.3 Å². The number of benzene rings is 3. The van der Waals surface area contributed by atoms with E-state index in [-0.39, 0.29) is 11.2 Å². The zero-order valence-electron chi connectivity index (χ0n) is 15.2. The lowest BCUT2D eigenvalue weighted by Gasteiger charge is -2.17. The standard InChI is InChI=1S/C22H18BrN3OS/c1-15-21(27)26(14-18-7-4-6-17-5-2-3-8-20(17)18)22(28-15)25-24-13-16-9-11-19(23)12-10-16/h2-13,15H,14H2,1H3/b24-13-,25-22+/t15-/m1/s1. The third kappa shape index (κ3) is 4.03. The molecule has 4 rings (SSSR count). The second-order valence-corrected chi connectivity index (χ2v) is 8.73. The first kappa shape index (κ1) is 18.9. The van der Waals surface area contributed by atoms with Gasteiger partial charge in [0.15, 0.2) is 5.17 Å². The molecule has 6 heteroatoms. The molecule has 1 heterocycles. The smallest absolute Gasteiger partial charge is 0.242 e. The lowest BCUT2D eigenvalue weighted by Crippen LogP contribution is -2.30. The Kier molecular flexibility index (Phi) is 5.59. The summed E-state index contributed by atoms with van der Waals surface area (Å²) in [4.78, 5) is 14.4. The highest BCUT2D eigenvalue weighted by Crippen LogP contribution is 2.30. The normalized spacial score (nSPS) is 18.6. The van der Waals surface area contributed by atoms with Gasteiger partial charge in [0, 0.05) is 4.47 Å². The van der Waals surface area contributed by atoms with Gasteiger partial charge in [0.25, 0.3) is 0 Å². The van der Waals surface area contributed by atoms with Gasteiger partial charge in [-0.1, -0.05) is 82.3 Å². The third-order valence-electron chi connectivity index (χ3n) is 4.56. The molecular formula is C22H18BrN3OS. The minimum atomic E-state index is -0.156. The zero-order chi connectivity index (χ0) is 19.5. The van der Waals surface area contributed by atoms with Gasteiger partial charge in [-0.3, -0.25) is 9.69 Å². The minimum absolute atomic E-state index is 0.0653. The predicted octanol–water partition coefficient (Wildman–Crippen LogP) is 5.46. The van der Waals surface area contributed by atoms with Crippen LogP contribution in [0.1, 0.15) is 18.1 Å². The first-order valence-electron chi connectivity index (χ1n) is 8.93. The number of carbonyl (C=O) groups excluding carboxylic acids is 1. The quantitative estimate of drug-likeness (QED) is 0.390. The summed E-state index contributed by atoms with van der Waals surface area (Å²) in [6.07, 6.45) is 1.70. The Morgan fingerprint density at radius 3 is 2.64 bits per heavy atom. The average Bonchev–Trinajstić information content (AvgIpc) is 2.97. The SMILES string of the molecule is C[C@H]1S/C(=N/N=C\c2ccc(Br)cc2)N(Cc2cccc3ccccc23)C1=O. The van der Waals surface area contributed by atoms with Crippen LogP contribution in [0.5, 0.6) is 0 Å². The van der Waals surface area contributed by atoms with E-state index < -0.39 is 0 Å². The maximum absolute atomic E-state index is 12.7. The Balaban J connectivity index is 1.60. The Labute approximate surface area is 176 Å². The number of amides is 1. The molecule has 3 aromatic carbocycles. The maximum atomic E-state index is 12.7. The lowest BCUT2D eigenvalue weighted by atomic mass is 10.0. The average molecular weight is 452 g/mol. The van der Waals surface area contributed by atoms with Crippen molar-refractivity contribution < 1.29 is 4.79 Å². The van der Waals surface area contributed by atoms with Gasteiger partial charge in [-0.05, 0) is 41.0 Å². The molecule has 3 aromatic rings. The fourth-order valence-corrected chi connectivity index (χ4v) is 4.29. The van der Waals surface area contributed by atoms with Crippen LogP contribution in [0.15, 0.2) is 81.4 Å². The molecule has 1 saturated heterocycles. The van der Waals surface area contributed by atoms with Crippen molar-refractivity contribution >= 4 is 55.8 Å². The van der Waals surface area contributed by atoms with Gasteiger partial charge >= 0.3 is 0 Å². The molecule has 0 bridgehead atoms. The predicted molar refractivity (Wildman–Crippen MR) is 121 cm³/mol. The fourth-order valence-electron chi connectivity index (χ4n) is 3.10. The van der Waals surface area contributed by atoms with Crippen molar-refractivity contribution in [2.24, 2.45) is 10.2 Å². The van der Waals surface area contributed by atoms with Crippen LogP contribution in [0, 0.1) is 0 Å². The zero-order valence-corrected chi connectivity index (χ0v) is 17.7. The number of fused-ring (bicyclic) bond motifs is 1. The van der Waals surface area contributed by atoms with E-state index in [2.05, 4.69) is 50.4 Å². The van der Waals surface area contributed by atoms with Crippen molar-refractivity contribution in [2.45, 2.75) is 18.7 Å². The molecule has 140 valence electrons. The molecule has 0 unspecified atom stereocenters. The van der Waals surface area contributed by atoms with Crippen LogP contribution >= 0.6 is 27.7 Å². The first-order valence-corrected chi connectivity index (χ1v) is 10.6. The number of halogens is 1. The van der Waals surface area contributed by atoms with Gasteiger partial charge in [-0.15, -0.1) is 5.10 Å². The van der Waals surface area contributed by atoms with E-state index in [1.54, 1.807) is 11.1 Å². The van der Waals surface area contributed by atoms with Gasteiger partial charge in [0.1, 0.15) is 0 Å². The summed E-state index contributed by atoms with van der Waals surface area (Å²) in [6.45, 7) is 2.40. The van der Waals surface area contributed by atoms with Gasteiger partial charge in [0.2, 0.25) is 5.91 Å². The van der Waals surface area contributed by atoms with E-state index in [0.717, 1.165) is 21.0 Å². The second-order valence-electron chi connectivity index (χ2n) is 6.50. The summed E-state index contributed by atoms with van der Waals surface area (Å²) in [7, 11) is 0. The van der Waals surface area contributed by atoms with Crippen LogP contribution < -0.4 is 0 Å². The topological polar surface area (TPSA) is 45.0 Å². The van der Waals surface area contributed by atoms with E-state index >= 15 is 0 Å². The largest absolute Gasteiger partial charge is 0.284 e. The number of hydrogen-bond acceptors (Lipinski definition) is 4. The Morgan fingerprint density at radius 1 is 1.07 bits per heavy atom. The molecule has 1 atom stereocenters. The van der Waals surface area contributed by atoms with Crippen molar-refractivity contribution in [3.63, 3.8) is 0 Å². The van der Waals surface area contributed by atoms with E-state index in [0.29, 0.717) is 11.7 Å². The highest BCUT2D eigenvalue weighted by atomic mass is 79.9. The molecule has 1 fully saturated rings. The number of nitrogens with zero attached hydrogens (tertiary/aromatic N) is 3. The molecular weight excluding hydrogens is 434 g/mol. The fraction of sp³-hybridized carbons (Fsp3) is 0.136. The maximum Gasteiger partial charge on any atom is 0.242 e. The van der Waals surface area contributed by atoms with Crippen LogP contribution in [0.2, 0.25) is 0 Å².